The Hall–Kier alpha value is -0.750. The highest BCUT2D eigenvalue weighted by Crippen LogP contribution is 2.21. The van der Waals surface area contributed by atoms with Gasteiger partial charge in [0.25, 0.3) is 0 Å². The zero-order valence-corrected chi connectivity index (χ0v) is 12.6. The van der Waals surface area contributed by atoms with Crippen molar-refractivity contribution in [3.63, 3.8) is 0 Å². The minimum Gasteiger partial charge on any atom is -0.469 e. The quantitative estimate of drug-likeness (QED) is 0.739. The van der Waals surface area contributed by atoms with Crippen molar-refractivity contribution in [2.45, 2.75) is 44.2 Å². The number of piperidine rings is 1. The molecule has 1 unspecified atom stereocenters. The van der Waals surface area contributed by atoms with Crippen LogP contribution in [0.5, 0.6) is 0 Å². The Morgan fingerprint density at radius 1 is 1.47 bits per heavy atom. The first-order chi connectivity index (χ1) is 9.10. The highest BCUT2D eigenvalue weighted by molar-refractivity contribution is 7.98. The Balaban J connectivity index is 2.59. The number of thioether (sulfide) groups is 1. The number of methoxy groups -OCH3 is 1. The van der Waals surface area contributed by atoms with Crippen molar-refractivity contribution < 1.29 is 14.3 Å². The molecule has 2 atom stereocenters. The number of carbonyl (C=O) groups excluding carboxylic acids is 2. The number of hydrogen-bond donors (Lipinski definition) is 1. The molecule has 0 aromatic heterocycles. The predicted octanol–water partition coefficient (Wildman–Crippen LogP) is 1.01. The Morgan fingerprint density at radius 2 is 2.21 bits per heavy atom. The van der Waals surface area contributed by atoms with E-state index in [0.717, 1.165) is 25.0 Å². The molecule has 0 aromatic rings. The Labute approximate surface area is 119 Å². The molecule has 0 saturated carbocycles. The molecular weight excluding hydrogens is 264 g/mol. The third kappa shape index (κ3) is 5.03. The Bertz CT molecular complexity index is 312. The zero-order valence-electron chi connectivity index (χ0n) is 11.8. The van der Waals surface area contributed by atoms with Crippen LogP contribution in [-0.2, 0) is 14.3 Å². The summed E-state index contributed by atoms with van der Waals surface area (Å²) in [5.74, 6) is 0.590. The van der Waals surface area contributed by atoms with Gasteiger partial charge < -0.3 is 15.4 Å². The van der Waals surface area contributed by atoms with E-state index in [9.17, 15) is 9.59 Å². The van der Waals surface area contributed by atoms with Gasteiger partial charge in [-0.2, -0.15) is 11.8 Å². The number of nitrogens with zero attached hydrogens (tertiary/aromatic N) is 1. The van der Waals surface area contributed by atoms with Crippen LogP contribution in [0.15, 0.2) is 0 Å². The molecule has 0 bridgehead atoms. The fraction of sp³-hybridized carbons (Fsp3) is 0.846. The predicted molar refractivity (Wildman–Crippen MR) is 77.0 cm³/mol. The number of likely N-dealkylation sites (tertiary alicyclic amines) is 1. The van der Waals surface area contributed by atoms with Crippen LogP contribution in [0.1, 0.15) is 32.1 Å². The molecule has 1 saturated heterocycles. The van der Waals surface area contributed by atoms with E-state index in [2.05, 4.69) is 0 Å². The lowest BCUT2D eigenvalue weighted by atomic mass is 9.98. The SMILES string of the molecule is COC(=O)CC1CCCCN1C(=O)[C@H](N)CCSC. The summed E-state index contributed by atoms with van der Waals surface area (Å²) in [4.78, 5) is 25.5. The van der Waals surface area contributed by atoms with Crippen molar-refractivity contribution in [2.24, 2.45) is 5.73 Å². The zero-order chi connectivity index (χ0) is 14.3. The van der Waals surface area contributed by atoms with Gasteiger partial charge in [-0.1, -0.05) is 0 Å². The van der Waals surface area contributed by atoms with Crippen molar-refractivity contribution in [2.75, 3.05) is 25.7 Å². The van der Waals surface area contributed by atoms with Gasteiger partial charge in [0.2, 0.25) is 5.91 Å². The summed E-state index contributed by atoms with van der Waals surface area (Å²) in [5.41, 5.74) is 5.94. The number of hydrogen-bond acceptors (Lipinski definition) is 5. The van der Waals surface area contributed by atoms with E-state index in [4.69, 9.17) is 10.5 Å². The number of rotatable bonds is 6. The maximum absolute atomic E-state index is 12.3. The number of ether oxygens (including phenoxy) is 1. The van der Waals surface area contributed by atoms with E-state index < -0.39 is 6.04 Å². The fourth-order valence-electron chi connectivity index (χ4n) is 2.36. The first kappa shape index (κ1) is 16.3. The van der Waals surface area contributed by atoms with Crippen molar-refractivity contribution >= 4 is 23.6 Å². The Kier molecular flexibility index (Phi) is 7.23. The minimum atomic E-state index is -0.453. The fourth-order valence-corrected chi connectivity index (χ4v) is 2.85. The summed E-state index contributed by atoms with van der Waals surface area (Å²) in [6.07, 6.45) is 5.84. The molecule has 1 heterocycles. The summed E-state index contributed by atoms with van der Waals surface area (Å²) in [6.45, 7) is 0.702. The maximum Gasteiger partial charge on any atom is 0.307 e. The highest BCUT2D eigenvalue weighted by atomic mass is 32.2. The van der Waals surface area contributed by atoms with Crippen LogP contribution in [0.2, 0.25) is 0 Å². The van der Waals surface area contributed by atoms with Crippen LogP contribution < -0.4 is 5.73 Å². The first-order valence-corrected chi connectivity index (χ1v) is 8.11. The number of esters is 1. The second kappa shape index (κ2) is 8.43. The number of nitrogens with two attached hydrogens (primary N) is 1. The van der Waals surface area contributed by atoms with Crippen LogP contribution in [0, 0.1) is 0 Å². The summed E-state index contributed by atoms with van der Waals surface area (Å²) in [7, 11) is 1.38. The van der Waals surface area contributed by atoms with E-state index in [0.29, 0.717) is 13.0 Å². The molecule has 6 heteroatoms. The molecule has 0 radical (unpaired) electrons. The van der Waals surface area contributed by atoms with Crippen LogP contribution in [0.3, 0.4) is 0 Å². The average Bonchev–Trinajstić information content (AvgIpc) is 2.44. The average molecular weight is 288 g/mol. The topological polar surface area (TPSA) is 72.6 Å². The molecule has 1 fully saturated rings. The molecule has 0 aromatic carbocycles. The lowest BCUT2D eigenvalue weighted by Gasteiger charge is -2.36. The third-order valence-electron chi connectivity index (χ3n) is 3.49. The molecule has 2 N–H and O–H groups in total. The number of carbonyl (C=O) groups is 2. The minimum absolute atomic E-state index is 0.0253. The Morgan fingerprint density at radius 3 is 2.84 bits per heavy atom. The van der Waals surface area contributed by atoms with Gasteiger partial charge in [0, 0.05) is 12.6 Å². The van der Waals surface area contributed by atoms with Crippen molar-refractivity contribution in [1.29, 1.82) is 0 Å². The van der Waals surface area contributed by atoms with E-state index in [1.807, 2.05) is 6.26 Å². The number of amides is 1. The van der Waals surface area contributed by atoms with Gasteiger partial charge >= 0.3 is 5.97 Å². The van der Waals surface area contributed by atoms with Gasteiger partial charge in [-0.05, 0) is 37.7 Å². The molecular formula is C13H24N2O3S. The van der Waals surface area contributed by atoms with E-state index >= 15 is 0 Å². The molecule has 0 aliphatic carbocycles. The molecule has 1 amide bonds. The van der Waals surface area contributed by atoms with E-state index in [1.54, 1.807) is 16.7 Å². The largest absolute Gasteiger partial charge is 0.469 e. The van der Waals surface area contributed by atoms with Crippen LogP contribution >= 0.6 is 11.8 Å². The molecule has 1 aliphatic heterocycles. The second-order valence-electron chi connectivity index (χ2n) is 4.85. The normalized spacial score (nSPS) is 21.0. The van der Waals surface area contributed by atoms with Crippen LogP contribution in [0.4, 0.5) is 0 Å². The lowest BCUT2D eigenvalue weighted by Crippen LogP contribution is -2.51. The van der Waals surface area contributed by atoms with Crippen molar-refractivity contribution in [3.05, 3.63) is 0 Å². The smallest absolute Gasteiger partial charge is 0.307 e. The van der Waals surface area contributed by atoms with Gasteiger partial charge in [-0.25, -0.2) is 0 Å². The summed E-state index contributed by atoms with van der Waals surface area (Å²) in [6, 6.07) is -0.500. The third-order valence-corrected chi connectivity index (χ3v) is 4.13. The molecule has 19 heavy (non-hydrogen) atoms. The second-order valence-corrected chi connectivity index (χ2v) is 5.84. The molecule has 1 rings (SSSR count). The molecule has 110 valence electrons. The molecule has 1 aliphatic rings. The van der Waals surface area contributed by atoms with Crippen molar-refractivity contribution in [3.8, 4) is 0 Å². The van der Waals surface area contributed by atoms with Gasteiger partial charge in [-0.15, -0.1) is 0 Å². The van der Waals surface area contributed by atoms with Gasteiger partial charge in [0.1, 0.15) is 0 Å². The molecule has 5 nitrogen and oxygen atoms in total. The highest BCUT2D eigenvalue weighted by Gasteiger charge is 2.31. The lowest BCUT2D eigenvalue weighted by molar-refractivity contribution is -0.145. The summed E-state index contributed by atoms with van der Waals surface area (Å²) < 4.78 is 4.69. The van der Waals surface area contributed by atoms with Gasteiger partial charge in [-0.3, -0.25) is 9.59 Å². The van der Waals surface area contributed by atoms with E-state index in [-0.39, 0.29) is 24.3 Å². The first-order valence-electron chi connectivity index (χ1n) is 6.72. The maximum atomic E-state index is 12.3. The summed E-state index contributed by atoms with van der Waals surface area (Å²) in [5, 5.41) is 0. The van der Waals surface area contributed by atoms with Gasteiger partial charge in [0.05, 0.1) is 19.6 Å². The monoisotopic (exact) mass is 288 g/mol. The summed E-state index contributed by atoms with van der Waals surface area (Å²) >= 11 is 1.68. The van der Waals surface area contributed by atoms with Crippen molar-refractivity contribution in [1.82, 2.24) is 4.90 Å². The van der Waals surface area contributed by atoms with Crippen LogP contribution in [-0.4, -0.2) is 54.5 Å². The molecule has 0 spiro atoms. The van der Waals surface area contributed by atoms with Gasteiger partial charge in [0.15, 0.2) is 0 Å². The van der Waals surface area contributed by atoms with E-state index in [1.165, 1.54) is 7.11 Å². The van der Waals surface area contributed by atoms with Crippen LogP contribution in [0.25, 0.3) is 0 Å². The standard InChI is InChI=1S/C13H24N2O3S/c1-18-12(16)9-10-5-3-4-7-15(10)13(17)11(14)6-8-19-2/h10-11H,3-9,14H2,1-2H3/t10?,11-/m1/s1.